The number of carbonyl (C=O) groups excluding carboxylic acids is 1. The average molecular weight is 395 g/mol. The van der Waals surface area contributed by atoms with Crippen molar-refractivity contribution in [2.45, 2.75) is 19.3 Å². The van der Waals surface area contributed by atoms with Crippen molar-refractivity contribution in [3.8, 4) is 0 Å². The van der Waals surface area contributed by atoms with Crippen molar-refractivity contribution < 1.29 is 17.4 Å². The summed E-state index contributed by atoms with van der Waals surface area (Å²) in [5.41, 5.74) is 6.09. The van der Waals surface area contributed by atoms with Crippen LogP contribution in [0.3, 0.4) is 0 Å². The Bertz CT molecular complexity index is 982. The lowest BCUT2D eigenvalue weighted by Gasteiger charge is -2.34. The largest absolute Gasteiger partial charge is 0.421 e. The van der Waals surface area contributed by atoms with Crippen LogP contribution < -0.4 is 20.9 Å². The van der Waals surface area contributed by atoms with E-state index in [0.717, 1.165) is 37.0 Å². The molecule has 1 aliphatic heterocycles. The van der Waals surface area contributed by atoms with E-state index in [2.05, 4.69) is 23.8 Å². The van der Waals surface area contributed by atoms with E-state index in [1.54, 1.807) is 12.3 Å². The number of nitrogens with zero attached hydrogens (tertiary/aromatic N) is 2. The van der Waals surface area contributed by atoms with Crippen LogP contribution in [0.15, 0.2) is 29.2 Å². The molecule has 1 fully saturated rings. The van der Waals surface area contributed by atoms with E-state index < -0.39 is 16.4 Å². The van der Waals surface area contributed by atoms with E-state index in [-0.39, 0.29) is 12.1 Å². The summed E-state index contributed by atoms with van der Waals surface area (Å²) in [7, 11) is -4.13. The minimum atomic E-state index is -4.13. The highest BCUT2D eigenvalue weighted by atomic mass is 32.2. The Labute approximate surface area is 156 Å². The van der Waals surface area contributed by atoms with Crippen molar-refractivity contribution in [3.63, 3.8) is 0 Å². The zero-order valence-corrected chi connectivity index (χ0v) is 15.4. The fourth-order valence-corrected chi connectivity index (χ4v) is 3.95. The highest BCUT2D eigenvalue weighted by Gasteiger charge is 2.22. The number of amides is 1. The number of rotatable bonds is 6. The number of carbonyl (C=O) groups is 1. The van der Waals surface area contributed by atoms with Crippen molar-refractivity contribution >= 4 is 33.1 Å². The van der Waals surface area contributed by atoms with Crippen LogP contribution in [0, 0.1) is 5.92 Å². The highest BCUT2D eigenvalue weighted by molar-refractivity contribution is 7.85. The number of aromatic amines is 1. The molecule has 2 aromatic heterocycles. The first-order valence-corrected chi connectivity index (χ1v) is 9.96. The molecule has 10 nitrogen and oxygen atoms in total. The van der Waals surface area contributed by atoms with E-state index in [9.17, 15) is 18.0 Å². The van der Waals surface area contributed by atoms with Gasteiger partial charge < -0.3 is 19.8 Å². The number of primary amides is 1. The van der Waals surface area contributed by atoms with Gasteiger partial charge in [-0.15, -0.1) is 0 Å². The third-order valence-corrected chi connectivity index (χ3v) is 5.53. The molecule has 146 valence electrons. The molecule has 0 spiro atoms. The van der Waals surface area contributed by atoms with Crippen LogP contribution in [0.1, 0.15) is 19.3 Å². The Morgan fingerprint density at radius 2 is 2.07 bits per heavy atom. The van der Waals surface area contributed by atoms with E-state index >= 15 is 0 Å². The summed E-state index contributed by atoms with van der Waals surface area (Å²) in [5, 5.41) is 0.895. The molecule has 1 saturated heterocycles. The molecule has 3 rings (SSSR count). The summed E-state index contributed by atoms with van der Waals surface area (Å²) in [5.74, 6) is 0.352. The third kappa shape index (κ3) is 4.95. The lowest BCUT2D eigenvalue weighted by molar-refractivity contribution is 0.211. The number of fused-ring (bicyclic) bond motifs is 1. The van der Waals surface area contributed by atoms with Crippen molar-refractivity contribution in [1.29, 1.82) is 0 Å². The molecule has 0 saturated carbocycles. The molecule has 0 atom stereocenters. The molecule has 27 heavy (non-hydrogen) atoms. The van der Waals surface area contributed by atoms with Gasteiger partial charge in [0.15, 0.2) is 0 Å². The fourth-order valence-electron chi connectivity index (χ4n) is 3.31. The number of nitrogens with two attached hydrogens (primary N) is 1. The first kappa shape index (κ1) is 19.1. The molecule has 0 aromatic carbocycles. The summed E-state index contributed by atoms with van der Waals surface area (Å²) in [6.45, 7) is 1.81. The number of H-pyrrole nitrogens is 1. The Morgan fingerprint density at radius 1 is 1.33 bits per heavy atom. The van der Waals surface area contributed by atoms with Crippen LogP contribution in [-0.2, 0) is 14.5 Å². The van der Waals surface area contributed by atoms with Gasteiger partial charge in [-0.25, -0.2) is 9.78 Å². The Kier molecular flexibility index (Phi) is 5.61. The Morgan fingerprint density at radius 3 is 2.78 bits per heavy atom. The first-order valence-electron chi connectivity index (χ1n) is 8.55. The number of hydrogen-bond donors (Lipinski definition) is 3. The minimum absolute atomic E-state index is 0.180. The second-order valence-electron chi connectivity index (χ2n) is 6.38. The standard InChI is InChI=1S/C16H21N5O5S/c17-16(23)26-27(24,25)19-8-3-11-5-9-21(10-6-11)13-4-7-18-15-12(13)1-2-14(22)20-15/h1-2,4,7,11,19H,3,5-6,8-10H2,(H2,17,23)(H,18,20,22). The number of aromatic nitrogens is 2. The maximum Gasteiger partial charge on any atom is 0.421 e. The molecule has 4 N–H and O–H groups in total. The number of anilines is 1. The van der Waals surface area contributed by atoms with Crippen molar-refractivity contribution in [3.05, 3.63) is 34.7 Å². The fraction of sp³-hybridized carbons (Fsp3) is 0.438. The summed E-state index contributed by atoms with van der Waals surface area (Å²) in [4.78, 5) is 31.1. The van der Waals surface area contributed by atoms with E-state index in [4.69, 9.17) is 5.73 Å². The summed E-state index contributed by atoms with van der Waals surface area (Å²) in [6, 6.07) is 5.19. The molecule has 11 heteroatoms. The van der Waals surface area contributed by atoms with Gasteiger partial charge in [0.05, 0.1) is 0 Å². The number of piperidine rings is 1. The smallest absolute Gasteiger partial charge is 0.371 e. The van der Waals surface area contributed by atoms with Crippen LogP contribution in [0.2, 0.25) is 0 Å². The first-order chi connectivity index (χ1) is 12.8. The molecule has 3 heterocycles. The van der Waals surface area contributed by atoms with E-state index in [1.165, 1.54) is 6.07 Å². The topological polar surface area (TPSA) is 147 Å². The van der Waals surface area contributed by atoms with Gasteiger partial charge in [0.25, 0.3) is 0 Å². The monoisotopic (exact) mass is 395 g/mol. The summed E-state index contributed by atoms with van der Waals surface area (Å²) < 4.78 is 29.0. The van der Waals surface area contributed by atoms with Crippen LogP contribution in [-0.4, -0.2) is 44.1 Å². The molecule has 1 amide bonds. The van der Waals surface area contributed by atoms with Gasteiger partial charge in [0.2, 0.25) is 5.56 Å². The molecule has 1 aliphatic rings. The molecular formula is C16H21N5O5S. The average Bonchev–Trinajstić information content (AvgIpc) is 2.60. The van der Waals surface area contributed by atoms with Crippen LogP contribution in [0.25, 0.3) is 11.0 Å². The Balaban J connectivity index is 1.55. The zero-order chi connectivity index (χ0) is 19.4. The molecule has 0 radical (unpaired) electrons. The highest BCUT2D eigenvalue weighted by Crippen LogP contribution is 2.29. The predicted octanol–water partition coefficient (Wildman–Crippen LogP) is 0.459. The van der Waals surface area contributed by atoms with Crippen molar-refractivity contribution in [2.24, 2.45) is 11.7 Å². The number of pyridine rings is 2. The van der Waals surface area contributed by atoms with Crippen LogP contribution in [0.5, 0.6) is 0 Å². The van der Waals surface area contributed by atoms with Gasteiger partial charge in [-0.2, -0.15) is 13.1 Å². The number of nitrogens with one attached hydrogen (secondary N) is 2. The molecular weight excluding hydrogens is 374 g/mol. The predicted molar refractivity (Wildman–Crippen MR) is 99.5 cm³/mol. The summed E-state index contributed by atoms with van der Waals surface area (Å²) in [6.07, 6.45) is 2.74. The molecule has 2 aromatic rings. The van der Waals surface area contributed by atoms with Gasteiger partial charge in [-0.1, -0.05) is 0 Å². The normalized spacial score (nSPS) is 15.8. The van der Waals surface area contributed by atoms with Gasteiger partial charge in [-0.3, -0.25) is 4.79 Å². The summed E-state index contributed by atoms with van der Waals surface area (Å²) >= 11 is 0. The second kappa shape index (κ2) is 7.92. The quantitative estimate of drug-likeness (QED) is 0.643. The minimum Gasteiger partial charge on any atom is -0.371 e. The van der Waals surface area contributed by atoms with Gasteiger partial charge >= 0.3 is 16.4 Å². The zero-order valence-electron chi connectivity index (χ0n) is 14.6. The van der Waals surface area contributed by atoms with Gasteiger partial charge in [0, 0.05) is 43.0 Å². The van der Waals surface area contributed by atoms with Gasteiger partial charge in [-0.05, 0) is 37.3 Å². The van der Waals surface area contributed by atoms with E-state index in [1.807, 2.05) is 6.07 Å². The molecule has 0 aliphatic carbocycles. The second-order valence-corrected chi connectivity index (χ2v) is 7.75. The van der Waals surface area contributed by atoms with E-state index in [0.29, 0.717) is 18.0 Å². The van der Waals surface area contributed by atoms with Crippen LogP contribution in [0.4, 0.5) is 10.5 Å². The lowest BCUT2D eigenvalue weighted by Crippen LogP contribution is -2.36. The Hall–Kier alpha value is -2.66. The SMILES string of the molecule is NC(=O)OS(=O)(=O)NCCC1CCN(c2ccnc3[nH]c(=O)ccc23)CC1. The van der Waals surface area contributed by atoms with Crippen molar-refractivity contribution in [1.82, 2.24) is 14.7 Å². The number of hydrogen-bond acceptors (Lipinski definition) is 7. The third-order valence-electron chi connectivity index (χ3n) is 4.59. The van der Waals surface area contributed by atoms with Gasteiger partial charge in [0.1, 0.15) is 5.65 Å². The lowest BCUT2D eigenvalue weighted by atomic mass is 9.93. The maximum absolute atomic E-state index is 11.5. The van der Waals surface area contributed by atoms with Crippen molar-refractivity contribution in [2.75, 3.05) is 24.5 Å². The molecule has 0 unspecified atom stereocenters. The molecule has 0 bridgehead atoms. The van der Waals surface area contributed by atoms with Crippen LogP contribution >= 0.6 is 0 Å². The maximum atomic E-state index is 11.5.